The second-order valence-electron chi connectivity index (χ2n) is 7.95. The standard InChI is InChI=1S/C24H28N2O2/c1-17(2)28-22-12-11-21(15-19(22)16-25)26-23(27)24(13-5-4-6-14-24)20-9-7-18(3)8-10-20/h7-12,15,17H,4-6,13-14H2,1-3H3,(H,26,27). The fourth-order valence-electron chi connectivity index (χ4n) is 3.98. The molecule has 4 nitrogen and oxygen atoms in total. The molecule has 3 rings (SSSR count). The molecule has 1 aliphatic carbocycles. The minimum atomic E-state index is -0.508. The number of anilines is 1. The second-order valence-corrected chi connectivity index (χ2v) is 7.95. The van der Waals surface area contributed by atoms with Gasteiger partial charge in [0.05, 0.1) is 17.1 Å². The second kappa shape index (κ2) is 8.48. The van der Waals surface area contributed by atoms with E-state index in [2.05, 4.69) is 42.6 Å². The molecule has 28 heavy (non-hydrogen) atoms. The maximum absolute atomic E-state index is 13.4. The molecule has 0 saturated heterocycles. The van der Waals surface area contributed by atoms with Gasteiger partial charge >= 0.3 is 0 Å². The average molecular weight is 377 g/mol. The fourth-order valence-corrected chi connectivity index (χ4v) is 3.98. The minimum absolute atomic E-state index is 0.0115. The first kappa shape index (κ1) is 19.9. The highest BCUT2D eigenvalue weighted by atomic mass is 16.5. The zero-order valence-electron chi connectivity index (χ0n) is 16.9. The van der Waals surface area contributed by atoms with E-state index in [4.69, 9.17) is 4.74 Å². The Kier molecular flexibility index (Phi) is 6.04. The molecule has 1 aliphatic rings. The van der Waals surface area contributed by atoms with Crippen LogP contribution in [-0.2, 0) is 10.2 Å². The molecule has 0 bridgehead atoms. The zero-order chi connectivity index (χ0) is 20.1. The van der Waals surface area contributed by atoms with Crippen molar-refractivity contribution in [2.24, 2.45) is 0 Å². The third-order valence-electron chi connectivity index (χ3n) is 5.47. The molecule has 0 spiro atoms. The number of carbonyl (C=O) groups excluding carboxylic acids is 1. The largest absolute Gasteiger partial charge is 0.490 e. The van der Waals surface area contributed by atoms with Crippen LogP contribution in [0.15, 0.2) is 42.5 Å². The van der Waals surface area contributed by atoms with Crippen LogP contribution in [0.3, 0.4) is 0 Å². The van der Waals surface area contributed by atoms with Crippen LogP contribution in [0.25, 0.3) is 0 Å². The van der Waals surface area contributed by atoms with Crippen molar-refractivity contribution in [2.45, 2.75) is 64.4 Å². The van der Waals surface area contributed by atoms with Crippen LogP contribution in [0.4, 0.5) is 5.69 Å². The van der Waals surface area contributed by atoms with Gasteiger partial charge in [0.15, 0.2) is 0 Å². The van der Waals surface area contributed by atoms with Gasteiger partial charge in [-0.2, -0.15) is 5.26 Å². The number of rotatable bonds is 5. The van der Waals surface area contributed by atoms with E-state index >= 15 is 0 Å². The number of benzene rings is 2. The molecule has 0 unspecified atom stereocenters. The molecule has 1 fully saturated rings. The number of hydrogen-bond donors (Lipinski definition) is 1. The molecule has 0 radical (unpaired) electrons. The summed E-state index contributed by atoms with van der Waals surface area (Å²) in [5, 5.41) is 12.5. The number of nitrogens with zero attached hydrogens (tertiary/aromatic N) is 1. The van der Waals surface area contributed by atoms with Gasteiger partial charge in [-0.15, -0.1) is 0 Å². The molecule has 2 aromatic rings. The Morgan fingerprint density at radius 2 is 1.79 bits per heavy atom. The van der Waals surface area contributed by atoms with E-state index in [0.717, 1.165) is 31.2 Å². The minimum Gasteiger partial charge on any atom is -0.490 e. The molecular formula is C24H28N2O2. The summed E-state index contributed by atoms with van der Waals surface area (Å²) < 4.78 is 5.68. The maximum atomic E-state index is 13.4. The fraction of sp³-hybridized carbons (Fsp3) is 0.417. The summed E-state index contributed by atoms with van der Waals surface area (Å²) in [7, 11) is 0. The highest BCUT2D eigenvalue weighted by Crippen LogP contribution is 2.40. The van der Waals surface area contributed by atoms with Crippen LogP contribution >= 0.6 is 0 Å². The SMILES string of the molecule is Cc1ccc(C2(C(=O)Nc3ccc(OC(C)C)c(C#N)c3)CCCCC2)cc1. The first-order valence-electron chi connectivity index (χ1n) is 10.0. The van der Waals surface area contributed by atoms with Crippen molar-refractivity contribution in [1.82, 2.24) is 0 Å². The van der Waals surface area contributed by atoms with E-state index in [1.54, 1.807) is 12.1 Å². The van der Waals surface area contributed by atoms with Gasteiger partial charge in [-0.25, -0.2) is 0 Å². The van der Waals surface area contributed by atoms with Gasteiger partial charge in [0.1, 0.15) is 11.8 Å². The molecule has 1 amide bonds. The van der Waals surface area contributed by atoms with Gasteiger partial charge in [-0.1, -0.05) is 49.1 Å². The number of aryl methyl sites for hydroxylation is 1. The lowest BCUT2D eigenvalue weighted by Gasteiger charge is -2.36. The number of nitrogens with one attached hydrogen (secondary N) is 1. The van der Waals surface area contributed by atoms with Crippen LogP contribution in [-0.4, -0.2) is 12.0 Å². The summed E-state index contributed by atoms with van der Waals surface area (Å²) in [5.74, 6) is 0.555. The summed E-state index contributed by atoms with van der Waals surface area (Å²) in [6, 6.07) is 15.7. The van der Waals surface area contributed by atoms with Crippen molar-refractivity contribution in [2.75, 3.05) is 5.32 Å². The van der Waals surface area contributed by atoms with E-state index in [1.807, 2.05) is 19.9 Å². The van der Waals surface area contributed by atoms with Crippen molar-refractivity contribution in [1.29, 1.82) is 5.26 Å². The molecule has 0 aliphatic heterocycles. The summed E-state index contributed by atoms with van der Waals surface area (Å²) in [4.78, 5) is 13.4. The summed E-state index contributed by atoms with van der Waals surface area (Å²) in [6.07, 6.45) is 4.95. The number of nitriles is 1. The Bertz CT molecular complexity index is 872. The lowest BCUT2D eigenvalue weighted by Crippen LogP contribution is -2.42. The van der Waals surface area contributed by atoms with Crippen LogP contribution in [0.1, 0.15) is 62.6 Å². The van der Waals surface area contributed by atoms with Crippen molar-refractivity contribution in [3.05, 3.63) is 59.2 Å². The molecule has 146 valence electrons. The summed E-state index contributed by atoms with van der Waals surface area (Å²) >= 11 is 0. The maximum Gasteiger partial charge on any atom is 0.235 e. The Labute approximate surface area is 167 Å². The van der Waals surface area contributed by atoms with E-state index in [0.29, 0.717) is 17.0 Å². The van der Waals surface area contributed by atoms with Crippen molar-refractivity contribution >= 4 is 11.6 Å². The lowest BCUT2D eigenvalue weighted by atomic mass is 9.68. The van der Waals surface area contributed by atoms with Gasteiger partial charge in [0, 0.05) is 5.69 Å². The first-order chi connectivity index (χ1) is 13.4. The Morgan fingerprint density at radius 1 is 1.11 bits per heavy atom. The quantitative estimate of drug-likeness (QED) is 0.750. The smallest absolute Gasteiger partial charge is 0.235 e. The number of hydrogen-bond acceptors (Lipinski definition) is 3. The van der Waals surface area contributed by atoms with E-state index in [-0.39, 0.29) is 12.0 Å². The highest BCUT2D eigenvalue weighted by Gasteiger charge is 2.41. The summed E-state index contributed by atoms with van der Waals surface area (Å²) in [5.41, 5.74) is 2.82. The van der Waals surface area contributed by atoms with Crippen LogP contribution in [0.2, 0.25) is 0 Å². The molecule has 4 heteroatoms. The third-order valence-corrected chi connectivity index (χ3v) is 5.47. The first-order valence-corrected chi connectivity index (χ1v) is 10.0. The van der Waals surface area contributed by atoms with Gasteiger partial charge in [0.25, 0.3) is 0 Å². The zero-order valence-corrected chi connectivity index (χ0v) is 16.9. The predicted octanol–water partition coefficient (Wildman–Crippen LogP) is 5.49. The molecule has 2 aromatic carbocycles. The van der Waals surface area contributed by atoms with Crippen molar-refractivity contribution < 1.29 is 9.53 Å². The molecule has 0 atom stereocenters. The van der Waals surface area contributed by atoms with E-state index in [1.165, 1.54) is 12.0 Å². The number of amides is 1. The van der Waals surface area contributed by atoms with Gasteiger partial charge in [-0.05, 0) is 57.4 Å². The van der Waals surface area contributed by atoms with Crippen LogP contribution < -0.4 is 10.1 Å². The van der Waals surface area contributed by atoms with E-state index < -0.39 is 5.41 Å². The topological polar surface area (TPSA) is 62.1 Å². The highest BCUT2D eigenvalue weighted by molar-refractivity contribution is 5.99. The van der Waals surface area contributed by atoms with Crippen LogP contribution in [0, 0.1) is 18.3 Å². The molecule has 1 N–H and O–H groups in total. The molecule has 1 saturated carbocycles. The van der Waals surface area contributed by atoms with Crippen molar-refractivity contribution in [3.63, 3.8) is 0 Å². The third kappa shape index (κ3) is 4.20. The van der Waals surface area contributed by atoms with E-state index in [9.17, 15) is 10.1 Å². The Morgan fingerprint density at radius 3 is 2.39 bits per heavy atom. The normalized spacial score (nSPS) is 15.7. The van der Waals surface area contributed by atoms with Gasteiger partial charge in [0.2, 0.25) is 5.91 Å². The Balaban J connectivity index is 1.88. The summed E-state index contributed by atoms with van der Waals surface area (Å²) in [6.45, 7) is 5.90. The van der Waals surface area contributed by atoms with Gasteiger partial charge < -0.3 is 10.1 Å². The molecule has 0 aromatic heterocycles. The van der Waals surface area contributed by atoms with Crippen molar-refractivity contribution in [3.8, 4) is 11.8 Å². The predicted molar refractivity (Wildman–Crippen MR) is 111 cm³/mol. The van der Waals surface area contributed by atoms with Gasteiger partial charge in [-0.3, -0.25) is 4.79 Å². The Hall–Kier alpha value is -2.80. The number of ether oxygens (including phenoxy) is 1. The molecular weight excluding hydrogens is 348 g/mol. The molecule has 0 heterocycles. The average Bonchev–Trinajstić information content (AvgIpc) is 2.69. The monoisotopic (exact) mass is 376 g/mol. The number of carbonyl (C=O) groups is 1. The lowest BCUT2D eigenvalue weighted by molar-refractivity contribution is -0.122. The van der Waals surface area contributed by atoms with Crippen LogP contribution in [0.5, 0.6) is 5.75 Å².